The number of aryl methyl sites for hydroxylation is 2. The number of hydrogen-bond acceptors (Lipinski definition) is 3. The SMILES string of the molecule is CCc1cc(CCCCN)cc(S(=O)(=O)C(F)(F)F)c1. The third-order valence-electron chi connectivity index (χ3n) is 2.97. The second-order valence-electron chi connectivity index (χ2n) is 4.53. The van der Waals surface area contributed by atoms with Crippen LogP contribution in [0, 0.1) is 0 Å². The van der Waals surface area contributed by atoms with Gasteiger partial charge in [-0.15, -0.1) is 0 Å². The van der Waals surface area contributed by atoms with Crippen LogP contribution in [0.1, 0.15) is 30.9 Å². The zero-order valence-electron chi connectivity index (χ0n) is 11.2. The molecule has 0 spiro atoms. The van der Waals surface area contributed by atoms with Gasteiger partial charge in [-0.25, -0.2) is 8.42 Å². The number of sulfone groups is 1. The Labute approximate surface area is 116 Å². The molecule has 20 heavy (non-hydrogen) atoms. The first kappa shape index (κ1) is 17.0. The zero-order valence-corrected chi connectivity index (χ0v) is 12.0. The van der Waals surface area contributed by atoms with E-state index in [2.05, 4.69) is 0 Å². The van der Waals surface area contributed by atoms with Crippen LogP contribution >= 0.6 is 0 Å². The summed E-state index contributed by atoms with van der Waals surface area (Å²) in [5.41, 5.74) is 1.27. The number of halogens is 3. The molecule has 0 unspecified atom stereocenters. The van der Waals surface area contributed by atoms with Crippen LogP contribution in [0.15, 0.2) is 23.1 Å². The summed E-state index contributed by atoms with van der Waals surface area (Å²) >= 11 is 0. The van der Waals surface area contributed by atoms with Crippen molar-refractivity contribution in [3.63, 3.8) is 0 Å². The van der Waals surface area contributed by atoms with E-state index in [9.17, 15) is 21.6 Å². The maximum absolute atomic E-state index is 12.6. The Kier molecular flexibility index (Phi) is 5.59. The van der Waals surface area contributed by atoms with Gasteiger partial charge in [-0.2, -0.15) is 13.2 Å². The molecule has 114 valence electrons. The van der Waals surface area contributed by atoms with E-state index in [0.29, 0.717) is 30.5 Å². The van der Waals surface area contributed by atoms with Crippen molar-refractivity contribution in [2.45, 2.75) is 43.0 Å². The molecule has 0 radical (unpaired) electrons. The molecule has 0 aromatic heterocycles. The average Bonchev–Trinajstić information content (AvgIpc) is 2.37. The van der Waals surface area contributed by atoms with Gasteiger partial charge < -0.3 is 5.73 Å². The van der Waals surface area contributed by atoms with E-state index in [1.165, 1.54) is 0 Å². The summed E-state index contributed by atoms with van der Waals surface area (Å²) in [5.74, 6) is 0. The first-order valence-corrected chi connectivity index (χ1v) is 7.85. The average molecular weight is 309 g/mol. The molecule has 0 saturated heterocycles. The molecule has 3 nitrogen and oxygen atoms in total. The maximum atomic E-state index is 12.6. The first-order valence-electron chi connectivity index (χ1n) is 6.36. The summed E-state index contributed by atoms with van der Waals surface area (Å²) in [6.45, 7) is 2.27. The fourth-order valence-electron chi connectivity index (χ4n) is 1.84. The molecule has 7 heteroatoms. The molecule has 0 bridgehead atoms. The van der Waals surface area contributed by atoms with Crippen molar-refractivity contribution in [1.82, 2.24) is 0 Å². The lowest BCUT2D eigenvalue weighted by Gasteiger charge is -2.11. The molecule has 0 heterocycles. The summed E-state index contributed by atoms with van der Waals surface area (Å²) < 4.78 is 60.7. The Morgan fingerprint density at radius 3 is 2.20 bits per heavy atom. The number of benzene rings is 1. The topological polar surface area (TPSA) is 60.2 Å². The van der Waals surface area contributed by atoms with Crippen molar-refractivity contribution < 1.29 is 21.6 Å². The van der Waals surface area contributed by atoms with Gasteiger partial charge in [0, 0.05) is 0 Å². The number of alkyl halides is 3. The van der Waals surface area contributed by atoms with Crippen molar-refractivity contribution in [3.8, 4) is 0 Å². The minimum Gasteiger partial charge on any atom is -0.330 e. The van der Waals surface area contributed by atoms with E-state index < -0.39 is 20.2 Å². The molecule has 0 aliphatic heterocycles. The van der Waals surface area contributed by atoms with E-state index in [1.54, 1.807) is 13.0 Å². The van der Waals surface area contributed by atoms with E-state index in [1.807, 2.05) is 0 Å². The summed E-state index contributed by atoms with van der Waals surface area (Å²) in [6, 6.07) is 3.94. The van der Waals surface area contributed by atoms with Gasteiger partial charge in [-0.3, -0.25) is 0 Å². The summed E-state index contributed by atoms with van der Waals surface area (Å²) in [4.78, 5) is -0.674. The van der Waals surface area contributed by atoms with Crippen molar-refractivity contribution >= 4 is 9.84 Å². The van der Waals surface area contributed by atoms with E-state index in [0.717, 1.165) is 25.0 Å². The van der Waals surface area contributed by atoms with Crippen LogP contribution in [0.4, 0.5) is 13.2 Å². The van der Waals surface area contributed by atoms with Crippen LogP contribution < -0.4 is 5.73 Å². The fraction of sp³-hybridized carbons (Fsp3) is 0.538. The van der Waals surface area contributed by atoms with Gasteiger partial charge in [0.15, 0.2) is 0 Å². The summed E-state index contributed by atoms with van der Waals surface area (Å²) in [5, 5.41) is 0. The predicted octanol–water partition coefficient (Wildman–Crippen LogP) is 2.82. The molecular formula is C13H18F3NO2S. The van der Waals surface area contributed by atoms with Gasteiger partial charge in [0.25, 0.3) is 9.84 Å². The highest BCUT2D eigenvalue weighted by Gasteiger charge is 2.47. The number of nitrogens with two attached hydrogens (primary N) is 1. The molecule has 0 aliphatic rings. The highest BCUT2D eigenvalue weighted by atomic mass is 32.2. The van der Waals surface area contributed by atoms with E-state index in [4.69, 9.17) is 5.73 Å². The van der Waals surface area contributed by atoms with Crippen LogP contribution in [0.2, 0.25) is 0 Å². The Bertz CT molecular complexity index is 553. The minimum absolute atomic E-state index is 0.477. The van der Waals surface area contributed by atoms with Gasteiger partial charge in [0.05, 0.1) is 4.90 Å². The molecule has 0 fully saturated rings. The Morgan fingerprint density at radius 1 is 1.10 bits per heavy atom. The third kappa shape index (κ3) is 3.96. The highest BCUT2D eigenvalue weighted by molar-refractivity contribution is 7.92. The quantitative estimate of drug-likeness (QED) is 0.822. The second kappa shape index (κ2) is 6.58. The monoisotopic (exact) mass is 309 g/mol. The molecule has 2 N–H and O–H groups in total. The van der Waals surface area contributed by atoms with Crippen LogP contribution in [-0.2, 0) is 22.7 Å². The minimum atomic E-state index is -5.29. The first-order chi connectivity index (χ1) is 9.22. The van der Waals surface area contributed by atoms with Gasteiger partial charge >= 0.3 is 5.51 Å². The standard InChI is InChI=1S/C13H18F3NO2S/c1-2-10-7-11(5-3-4-6-17)9-12(8-10)20(18,19)13(14,15)16/h7-9H,2-6,17H2,1H3. The zero-order chi connectivity index (χ0) is 15.4. The molecule has 0 amide bonds. The molecule has 1 aromatic carbocycles. The molecule has 1 aromatic rings. The normalized spacial score (nSPS) is 12.7. The lowest BCUT2D eigenvalue weighted by atomic mass is 10.0. The molecule has 0 atom stereocenters. The lowest BCUT2D eigenvalue weighted by molar-refractivity contribution is -0.0436. The summed E-state index contributed by atoms with van der Waals surface area (Å²) in [7, 11) is -5.29. The van der Waals surface area contributed by atoms with Crippen LogP contribution in [0.3, 0.4) is 0 Å². The van der Waals surface area contributed by atoms with Gasteiger partial charge in [-0.05, 0) is 55.5 Å². The van der Waals surface area contributed by atoms with Crippen molar-refractivity contribution in [2.75, 3.05) is 6.54 Å². The Hall–Kier alpha value is -1.08. The van der Waals surface area contributed by atoms with E-state index >= 15 is 0 Å². The molecular weight excluding hydrogens is 291 g/mol. The van der Waals surface area contributed by atoms with Crippen molar-refractivity contribution in [3.05, 3.63) is 29.3 Å². The molecule has 1 rings (SSSR count). The molecule has 0 aliphatic carbocycles. The number of hydrogen-bond donors (Lipinski definition) is 1. The number of unbranched alkanes of at least 4 members (excludes halogenated alkanes) is 1. The van der Waals surface area contributed by atoms with Crippen LogP contribution in [0.25, 0.3) is 0 Å². The fourth-order valence-corrected chi connectivity index (χ4v) is 2.72. The lowest BCUT2D eigenvalue weighted by Crippen LogP contribution is -2.23. The summed E-state index contributed by atoms with van der Waals surface area (Å²) in [6.07, 6.45) is 2.46. The van der Waals surface area contributed by atoms with Crippen LogP contribution in [-0.4, -0.2) is 20.5 Å². The predicted molar refractivity (Wildman–Crippen MR) is 71.1 cm³/mol. The highest BCUT2D eigenvalue weighted by Crippen LogP contribution is 2.31. The smallest absolute Gasteiger partial charge is 0.330 e. The van der Waals surface area contributed by atoms with Gasteiger partial charge in [0.2, 0.25) is 0 Å². The molecule has 0 saturated carbocycles. The van der Waals surface area contributed by atoms with Crippen molar-refractivity contribution in [2.24, 2.45) is 5.73 Å². The van der Waals surface area contributed by atoms with Gasteiger partial charge in [-0.1, -0.05) is 13.0 Å². The maximum Gasteiger partial charge on any atom is 0.501 e. The Balaban J connectivity index is 3.17. The van der Waals surface area contributed by atoms with Gasteiger partial charge in [0.1, 0.15) is 0 Å². The van der Waals surface area contributed by atoms with Crippen molar-refractivity contribution in [1.29, 1.82) is 0 Å². The third-order valence-corrected chi connectivity index (χ3v) is 4.43. The van der Waals surface area contributed by atoms with E-state index in [-0.39, 0.29) is 0 Å². The second-order valence-corrected chi connectivity index (χ2v) is 6.47. The largest absolute Gasteiger partial charge is 0.501 e. The number of rotatable bonds is 6. The Morgan fingerprint density at radius 2 is 1.70 bits per heavy atom. The van der Waals surface area contributed by atoms with Crippen LogP contribution in [0.5, 0.6) is 0 Å².